The number of rotatable bonds is 8. The molecule has 5 N–H and O–H groups in total. The average molecular weight is 393 g/mol. The summed E-state index contributed by atoms with van der Waals surface area (Å²) in [5.74, 6) is -2.91. The molecule has 0 saturated carbocycles. The third kappa shape index (κ3) is 5.77. The molecule has 8 nitrogen and oxygen atoms in total. The molecule has 9 heteroatoms. The highest BCUT2D eigenvalue weighted by molar-refractivity contribution is 6.07. The van der Waals surface area contributed by atoms with Gasteiger partial charge in [-0.05, 0) is 17.7 Å². The minimum absolute atomic E-state index is 0. The molecular formula is C18H21ClN4O4. The van der Waals surface area contributed by atoms with Crippen molar-refractivity contribution in [2.45, 2.75) is 12.0 Å². The molecule has 144 valence electrons. The van der Waals surface area contributed by atoms with E-state index in [-0.39, 0.29) is 24.5 Å². The van der Waals surface area contributed by atoms with Crippen LogP contribution in [-0.2, 0) is 26.3 Å². The van der Waals surface area contributed by atoms with Gasteiger partial charge in [-0.1, -0.05) is 36.4 Å². The Labute approximate surface area is 162 Å². The lowest BCUT2D eigenvalue weighted by Crippen LogP contribution is -2.58. The Morgan fingerprint density at radius 1 is 1.04 bits per heavy atom. The second-order valence-electron chi connectivity index (χ2n) is 5.58. The van der Waals surface area contributed by atoms with E-state index in [1.807, 2.05) is 12.1 Å². The van der Waals surface area contributed by atoms with Crippen molar-refractivity contribution in [2.24, 2.45) is 5.73 Å². The van der Waals surface area contributed by atoms with Crippen LogP contribution in [0.15, 0.2) is 54.7 Å². The second kappa shape index (κ2) is 10.2. The normalized spacial score (nSPS) is 12.2. The second-order valence-corrected chi connectivity index (χ2v) is 5.58. The number of benzene rings is 1. The molecule has 1 aromatic heterocycles. The summed E-state index contributed by atoms with van der Waals surface area (Å²) >= 11 is 0. The van der Waals surface area contributed by atoms with Gasteiger partial charge in [0.05, 0.1) is 6.54 Å². The minimum atomic E-state index is -2.27. The lowest BCUT2D eigenvalue weighted by Gasteiger charge is -2.23. The van der Waals surface area contributed by atoms with Gasteiger partial charge in [-0.15, -0.1) is 12.4 Å². The van der Waals surface area contributed by atoms with Crippen molar-refractivity contribution < 1.29 is 19.5 Å². The molecule has 1 unspecified atom stereocenters. The number of carboxylic acid groups (broad SMARTS) is 1. The molecule has 0 fully saturated rings. The minimum Gasteiger partial charge on any atom is -0.479 e. The number of nitrogens with one attached hydrogen (secondary N) is 2. The number of nitrogens with two attached hydrogens (primary N) is 1. The summed E-state index contributed by atoms with van der Waals surface area (Å²) in [5, 5.41) is 14.3. The van der Waals surface area contributed by atoms with Crippen LogP contribution in [0.2, 0.25) is 0 Å². The first-order chi connectivity index (χ1) is 12.4. The summed E-state index contributed by atoms with van der Waals surface area (Å²) in [7, 11) is 0. The number of halogens is 1. The maximum Gasteiger partial charge on any atom is 0.338 e. The number of aliphatic carboxylic acids is 1. The molecule has 0 radical (unpaired) electrons. The van der Waals surface area contributed by atoms with E-state index in [1.165, 1.54) is 12.1 Å². The van der Waals surface area contributed by atoms with Gasteiger partial charge in [0.2, 0.25) is 11.4 Å². The van der Waals surface area contributed by atoms with Gasteiger partial charge in [-0.3, -0.25) is 14.6 Å². The van der Waals surface area contributed by atoms with E-state index in [9.17, 15) is 19.5 Å². The van der Waals surface area contributed by atoms with Crippen LogP contribution >= 0.6 is 12.4 Å². The SMILES string of the molecule is Cl.NC(C(=O)O)(C(=O)NCC(=O)NCCc1ccccn1)c1ccccc1. The molecule has 2 amide bonds. The fourth-order valence-corrected chi connectivity index (χ4v) is 2.29. The number of carbonyl (C=O) groups excluding carboxylic acids is 2. The van der Waals surface area contributed by atoms with Crippen LogP contribution < -0.4 is 16.4 Å². The maximum absolute atomic E-state index is 12.3. The van der Waals surface area contributed by atoms with Crippen LogP contribution in [0.3, 0.4) is 0 Å². The van der Waals surface area contributed by atoms with Gasteiger partial charge < -0.3 is 21.5 Å². The number of nitrogens with zero attached hydrogens (tertiary/aromatic N) is 1. The van der Waals surface area contributed by atoms with Crippen molar-refractivity contribution in [3.63, 3.8) is 0 Å². The van der Waals surface area contributed by atoms with Gasteiger partial charge in [0.15, 0.2) is 0 Å². The number of amides is 2. The summed E-state index contributed by atoms with van der Waals surface area (Å²) in [5.41, 5.74) is 4.50. The highest BCUT2D eigenvalue weighted by Gasteiger charge is 2.44. The smallest absolute Gasteiger partial charge is 0.338 e. The standard InChI is InChI=1S/C18H20N4O4.ClH/c19-18(17(25)26,13-6-2-1-3-7-13)16(24)22-12-15(23)21-11-9-14-8-4-5-10-20-14;/h1-8,10H,9,11-12,19H2,(H,21,23)(H,22,24)(H,25,26);1H. The largest absolute Gasteiger partial charge is 0.479 e. The molecule has 2 aromatic rings. The first-order valence-electron chi connectivity index (χ1n) is 7.97. The number of pyridine rings is 1. The topological polar surface area (TPSA) is 134 Å². The molecule has 27 heavy (non-hydrogen) atoms. The van der Waals surface area contributed by atoms with Gasteiger partial charge in [0.25, 0.3) is 5.91 Å². The number of carbonyl (C=O) groups is 3. The Hall–Kier alpha value is -2.97. The van der Waals surface area contributed by atoms with Gasteiger partial charge in [-0.25, -0.2) is 4.79 Å². The zero-order valence-corrected chi connectivity index (χ0v) is 15.2. The molecule has 0 aliphatic carbocycles. The van der Waals surface area contributed by atoms with Crippen LogP contribution in [0.1, 0.15) is 11.3 Å². The molecule has 1 aromatic carbocycles. The van der Waals surface area contributed by atoms with Crippen molar-refractivity contribution in [3.8, 4) is 0 Å². The fourth-order valence-electron chi connectivity index (χ4n) is 2.29. The van der Waals surface area contributed by atoms with E-state index in [4.69, 9.17) is 5.73 Å². The molecule has 0 aliphatic rings. The molecular weight excluding hydrogens is 372 g/mol. The van der Waals surface area contributed by atoms with E-state index in [0.717, 1.165) is 5.69 Å². The average Bonchev–Trinajstić information content (AvgIpc) is 2.66. The molecule has 0 bridgehead atoms. The fraction of sp³-hybridized carbons (Fsp3) is 0.222. The summed E-state index contributed by atoms with van der Waals surface area (Å²) in [4.78, 5) is 39.8. The zero-order chi connectivity index (χ0) is 19.0. The monoisotopic (exact) mass is 392 g/mol. The summed E-state index contributed by atoms with van der Waals surface area (Å²) in [6.45, 7) is -0.0305. The third-order valence-electron chi connectivity index (χ3n) is 3.76. The van der Waals surface area contributed by atoms with Crippen LogP contribution in [0.25, 0.3) is 0 Å². The summed E-state index contributed by atoms with van der Waals surface area (Å²) in [6, 6.07) is 13.2. The first kappa shape index (κ1) is 22.1. The predicted molar refractivity (Wildman–Crippen MR) is 101 cm³/mol. The quantitative estimate of drug-likeness (QED) is 0.474. The van der Waals surface area contributed by atoms with Gasteiger partial charge in [-0.2, -0.15) is 0 Å². The Kier molecular flexibility index (Phi) is 8.37. The number of carboxylic acids is 1. The lowest BCUT2D eigenvalue weighted by molar-refractivity contribution is -0.150. The molecule has 0 saturated heterocycles. The molecule has 1 atom stereocenters. The first-order valence-corrected chi connectivity index (χ1v) is 7.97. The van der Waals surface area contributed by atoms with E-state index in [2.05, 4.69) is 15.6 Å². The van der Waals surface area contributed by atoms with Crippen molar-refractivity contribution in [3.05, 3.63) is 66.0 Å². The van der Waals surface area contributed by atoms with Crippen LogP contribution in [0, 0.1) is 0 Å². The number of aromatic nitrogens is 1. The highest BCUT2D eigenvalue weighted by atomic mass is 35.5. The maximum atomic E-state index is 12.3. The zero-order valence-electron chi connectivity index (χ0n) is 14.4. The predicted octanol–water partition coefficient (Wildman–Crippen LogP) is 0.217. The Bertz CT molecular complexity index is 773. The van der Waals surface area contributed by atoms with Gasteiger partial charge in [0.1, 0.15) is 0 Å². The van der Waals surface area contributed by atoms with Crippen molar-refractivity contribution in [1.82, 2.24) is 15.6 Å². The van der Waals surface area contributed by atoms with Crippen LogP contribution in [-0.4, -0.2) is 41.0 Å². The van der Waals surface area contributed by atoms with E-state index >= 15 is 0 Å². The van der Waals surface area contributed by atoms with Crippen molar-refractivity contribution >= 4 is 30.2 Å². The Balaban J connectivity index is 0.00000364. The van der Waals surface area contributed by atoms with Crippen molar-refractivity contribution in [2.75, 3.05) is 13.1 Å². The van der Waals surface area contributed by atoms with Crippen LogP contribution in [0.5, 0.6) is 0 Å². The van der Waals surface area contributed by atoms with E-state index < -0.39 is 23.3 Å². The molecule has 0 spiro atoms. The summed E-state index contributed by atoms with van der Waals surface area (Å²) < 4.78 is 0. The lowest BCUT2D eigenvalue weighted by atomic mass is 9.90. The molecule has 1 heterocycles. The highest BCUT2D eigenvalue weighted by Crippen LogP contribution is 2.18. The van der Waals surface area contributed by atoms with Crippen LogP contribution in [0.4, 0.5) is 0 Å². The van der Waals surface area contributed by atoms with Gasteiger partial charge in [0, 0.05) is 24.9 Å². The number of hydrogen-bond acceptors (Lipinski definition) is 5. The summed E-state index contributed by atoms with van der Waals surface area (Å²) in [6.07, 6.45) is 2.20. The Morgan fingerprint density at radius 3 is 2.30 bits per heavy atom. The Morgan fingerprint density at radius 2 is 1.70 bits per heavy atom. The molecule has 2 rings (SSSR count). The number of hydrogen-bond donors (Lipinski definition) is 4. The van der Waals surface area contributed by atoms with Gasteiger partial charge >= 0.3 is 5.97 Å². The van der Waals surface area contributed by atoms with E-state index in [0.29, 0.717) is 13.0 Å². The van der Waals surface area contributed by atoms with E-state index in [1.54, 1.807) is 30.5 Å². The molecule has 0 aliphatic heterocycles. The van der Waals surface area contributed by atoms with Crippen molar-refractivity contribution in [1.29, 1.82) is 0 Å². The third-order valence-corrected chi connectivity index (χ3v) is 3.76.